The molecule has 0 spiro atoms. The van der Waals surface area contributed by atoms with Gasteiger partial charge in [0.2, 0.25) is 0 Å². The molecule has 4 heteroatoms. The van der Waals surface area contributed by atoms with Crippen molar-refractivity contribution < 1.29 is 9.63 Å². The van der Waals surface area contributed by atoms with E-state index >= 15 is 0 Å². The molecule has 2 rings (SSSR count). The molecule has 92 valence electrons. The summed E-state index contributed by atoms with van der Waals surface area (Å²) in [7, 11) is 0. The summed E-state index contributed by atoms with van der Waals surface area (Å²) in [6.45, 7) is 2.24. The first-order valence-corrected chi connectivity index (χ1v) is 5.97. The van der Waals surface area contributed by atoms with Gasteiger partial charge in [0, 0.05) is 6.04 Å². The van der Waals surface area contributed by atoms with E-state index in [1.807, 2.05) is 37.3 Å². The third-order valence-electron chi connectivity index (χ3n) is 2.71. The van der Waals surface area contributed by atoms with Crippen LogP contribution in [0.5, 0.6) is 0 Å². The molecular formula is C13H18N2O2. The van der Waals surface area contributed by atoms with Crippen LogP contribution in [-0.2, 0) is 16.2 Å². The fourth-order valence-electron chi connectivity index (χ4n) is 1.53. The van der Waals surface area contributed by atoms with E-state index < -0.39 is 0 Å². The van der Waals surface area contributed by atoms with E-state index in [0.29, 0.717) is 12.6 Å². The maximum Gasteiger partial charge on any atom is 0.260 e. The standard InChI is InChI=1S/C13H18N2O2/c1-10(14-12-7-8-12)13(16)15-17-9-11-5-3-2-4-6-11/h2-6,10,12,14H,7-9H2,1H3,(H,15,16). The quantitative estimate of drug-likeness (QED) is 0.731. The minimum atomic E-state index is -0.196. The topological polar surface area (TPSA) is 50.4 Å². The number of amides is 1. The molecule has 1 unspecified atom stereocenters. The molecule has 1 fully saturated rings. The van der Waals surface area contributed by atoms with Gasteiger partial charge in [0.25, 0.3) is 5.91 Å². The average molecular weight is 234 g/mol. The van der Waals surface area contributed by atoms with Crippen LogP contribution < -0.4 is 10.8 Å². The van der Waals surface area contributed by atoms with Crippen molar-refractivity contribution >= 4 is 5.91 Å². The van der Waals surface area contributed by atoms with Gasteiger partial charge in [0.1, 0.15) is 0 Å². The molecule has 1 aliphatic rings. The Morgan fingerprint density at radius 3 is 2.76 bits per heavy atom. The van der Waals surface area contributed by atoms with Gasteiger partial charge in [0.05, 0.1) is 12.6 Å². The molecule has 1 amide bonds. The third-order valence-corrected chi connectivity index (χ3v) is 2.71. The Hall–Kier alpha value is -1.39. The van der Waals surface area contributed by atoms with Gasteiger partial charge in [0.15, 0.2) is 0 Å². The van der Waals surface area contributed by atoms with Crippen LogP contribution in [0.4, 0.5) is 0 Å². The largest absolute Gasteiger partial charge is 0.303 e. The highest BCUT2D eigenvalue weighted by Gasteiger charge is 2.25. The summed E-state index contributed by atoms with van der Waals surface area (Å²) < 4.78 is 0. The van der Waals surface area contributed by atoms with E-state index in [4.69, 9.17) is 4.84 Å². The first-order chi connectivity index (χ1) is 8.25. The van der Waals surface area contributed by atoms with Gasteiger partial charge in [-0.3, -0.25) is 9.63 Å². The zero-order valence-electron chi connectivity index (χ0n) is 9.98. The van der Waals surface area contributed by atoms with Crippen LogP contribution in [0.2, 0.25) is 0 Å². The Balaban J connectivity index is 1.65. The average Bonchev–Trinajstić information content (AvgIpc) is 3.14. The van der Waals surface area contributed by atoms with Crippen molar-refractivity contribution in [1.29, 1.82) is 0 Å². The van der Waals surface area contributed by atoms with E-state index in [0.717, 1.165) is 5.56 Å². The number of rotatable bonds is 6. The lowest BCUT2D eigenvalue weighted by atomic mass is 10.2. The Morgan fingerprint density at radius 2 is 2.12 bits per heavy atom. The van der Waals surface area contributed by atoms with Crippen molar-refractivity contribution in [3.63, 3.8) is 0 Å². The molecule has 1 aromatic rings. The second-order valence-corrected chi connectivity index (χ2v) is 4.40. The summed E-state index contributed by atoms with van der Waals surface area (Å²) in [6, 6.07) is 10.1. The first kappa shape index (κ1) is 12.1. The lowest BCUT2D eigenvalue weighted by molar-refractivity contribution is -0.136. The Bertz CT molecular complexity index is 363. The fourth-order valence-corrected chi connectivity index (χ4v) is 1.53. The van der Waals surface area contributed by atoms with Crippen LogP contribution in [0, 0.1) is 0 Å². The molecule has 0 radical (unpaired) electrons. The number of nitrogens with one attached hydrogen (secondary N) is 2. The number of hydroxylamine groups is 1. The molecular weight excluding hydrogens is 216 g/mol. The van der Waals surface area contributed by atoms with E-state index in [2.05, 4.69) is 10.8 Å². The Labute approximate surface area is 101 Å². The van der Waals surface area contributed by atoms with Gasteiger partial charge < -0.3 is 5.32 Å². The number of hydrogen-bond acceptors (Lipinski definition) is 3. The van der Waals surface area contributed by atoms with E-state index in [9.17, 15) is 4.79 Å². The van der Waals surface area contributed by atoms with E-state index in [1.165, 1.54) is 12.8 Å². The van der Waals surface area contributed by atoms with Crippen LogP contribution in [0.15, 0.2) is 30.3 Å². The molecule has 0 heterocycles. The van der Waals surface area contributed by atoms with Crippen LogP contribution in [0.3, 0.4) is 0 Å². The minimum absolute atomic E-state index is 0.118. The van der Waals surface area contributed by atoms with Crippen molar-refractivity contribution in [2.24, 2.45) is 0 Å². The van der Waals surface area contributed by atoms with Crippen LogP contribution in [0.25, 0.3) is 0 Å². The normalized spacial score (nSPS) is 16.5. The highest BCUT2D eigenvalue weighted by atomic mass is 16.6. The Kier molecular flexibility index (Phi) is 4.12. The van der Waals surface area contributed by atoms with E-state index in [-0.39, 0.29) is 11.9 Å². The fraction of sp³-hybridized carbons (Fsp3) is 0.462. The first-order valence-electron chi connectivity index (χ1n) is 5.97. The second-order valence-electron chi connectivity index (χ2n) is 4.40. The summed E-state index contributed by atoms with van der Waals surface area (Å²) in [5.41, 5.74) is 3.50. The highest BCUT2D eigenvalue weighted by molar-refractivity contribution is 5.80. The lowest BCUT2D eigenvalue weighted by Crippen LogP contribution is -2.42. The zero-order valence-corrected chi connectivity index (χ0v) is 9.98. The summed E-state index contributed by atoms with van der Waals surface area (Å²) in [5.74, 6) is -0.118. The van der Waals surface area contributed by atoms with Crippen molar-refractivity contribution in [3.05, 3.63) is 35.9 Å². The smallest absolute Gasteiger partial charge is 0.260 e. The monoisotopic (exact) mass is 234 g/mol. The van der Waals surface area contributed by atoms with Gasteiger partial charge in [-0.25, -0.2) is 5.48 Å². The van der Waals surface area contributed by atoms with Gasteiger partial charge in [-0.05, 0) is 25.3 Å². The number of carbonyl (C=O) groups excluding carboxylic acids is 1. The highest BCUT2D eigenvalue weighted by Crippen LogP contribution is 2.19. The molecule has 1 atom stereocenters. The van der Waals surface area contributed by atoms with E-state index in [1.54, 1.807) is 0 Å². The zero-order chi connectivity index (χ0) is 12.1. The third kappa shape index (κ3) is 4.17. The molecule has 1 aliphatic carbocycles. The number of benzene rings is 1. The molecule has 0 saturated heterocycles. The van der Waals surface area contributed by atoms with Crippen LogP contribution in [0.1, 0.15) is 25.3 Å². The SMILES string of the molecule is CC(NC1CC1)C(=O)NOCc1ccccc1. The number of hydrogen-bond donors (Lipinski definition) is 2. The van der Waals surface area contributed by atoms with Gasteiger partial charge in [-0.1, -0.05) is 30.3 Å². The molecule has 0 bridgehead atoms. The second kappa shape index (κ2) is 5.80. The molecule has 17 heavy (non-hydrogen) atoms. The maximum absolute atomic E-state index is 11.6. The van der Waals surface area contributed by atoms with Gasteiger partial charge >= 0.3 is 0 Å². The van der Waals surface area contributed by atoms with Crippen molar-refractivity contribution in [2.75, 3.05) is 0 Å². The summed E-state index contributed by atoms with van der Waals surface area (Å²) in [5, 5.41) is 3.21. The molecule has 0 aliphatic heterocycles. The van der Waals surface area contributed by atoms with Crippen molar-refractivity contribution in [2.45, 2.75) is 38.5 Å². The van der Waals surface area contributed by atoms with Crippen LogP contribution >= 0.6 is 0 Å². The summed E-state index contributed by atoms with van der Waals surface area (Å²) in [6.07, 6.45) is 2.34. The van der Waals surface area contributed by atoms with Crippen molar-refractivity contribution in [1.82, 2.24) is 10.8 Å². The maximum atomic E-state index is 11.6. The molecule has 1 saturated carbocycles. The summed E-state index contributed by atoms with van der Waals surface area (Å²) >= 11 is 0. The van der Waals surface area contributed by atoms with Crippen molar-refractivity contribution in [3.8, 4) is 0 Å². The molecule has 2 N–H and O–H groups in total. The lowest BCUT2D eigenvalue weighted by Gasteiger charge is -2.13. The summed E-state index contributed by atoms with van der Waals surface area (Å²) in [4.78, 5) is 16.8. The molecule has 0 aromatic heterocycles. The predicted molar refractivity (Wildman–Crippen MR) is 65.0 cm³/mol. The Morgan fingerprint density at radius 1 is 1.41 bits per heavy atom. The van der Waals surface area contributed by atoms with Crippen LogP contribution in [-0.4, -0.2) is 18.0 Å². The molecule has 1 aromatic carbocycles. The van der Waals surface area contributed by atoms with Gasteiger partial charge in [-0.2, -0.15) is 0 Å². The number of carbonyl (C=O) groups is 1. The molecule has 4 nitrogen and oxygen atoms in total. The minimum Gasteiger partial charge on any atom is -0.303 e. The predicted octanol–water partition coefficient (Wildman–Crippen LogP) is 1.37. The van der Waals surface area contributed by atoms with Gasteiger partial charge in [-0.15, -0.1) is 0 Å².